The number of para-hydroxylation sites is 1. The Bertz CT molecular complexity index is 838. The molecule has 0 saturated heterocycles. The van der Waals surface area contributed by atoms with E-state index < -0.39 is 10.1 Å². The van der Waals surface area contributed by atoms with Gasteiger partial charge in [-0.3, -0.25) is 4.55 Å². The molecule has 1 N–H and O–H groups in total. The van der Waals surface area contributed by atoms with Gasteiger partial charge in [-0.2, -0.15) is 8.42 Å². The smallest absolute Gasteiger partial charge is 0.872 e. The van der Waals surface area contributed by atoms with Crippen molar-refractivity contribution in [3.05, 3.63) is 48.0 Å². The maximum atomic E-state index is 12.4. The van der Waals surface area contributed by atoms with Crippen molar-refractivity contribution in [2.75, 3.05) is 0 Å². The minimum Gasteiger partial charge on any atom is -0.872 e. The summed E-state index contributed by atoms with van der Waals surface area (Å²) in [5.74, 6) is 0.0700. The number of benzene rings is 2. The number of hydrogen-bond acceptors (Lipinski definition) is 4. The van der Waals surface area contributed by atoms with E-state index in [1.807, 2.05) is 6.07 Å². The number of unbranched alkanes of at least 4 members (excludes halogenated alkanes) is 7. The van der Waals surface area contributed by atoms with Crippen LogP contribution in [0, 0.1) is 0 Å². The van der Waals surface area contributed by atoms with Crippen LogP contribution in [0.2, 0.25) is 0 Å². The predicted octanol–water partition coefficient (Wildman–Crippen LogP) is 2.49. The predicted molar refractivity (Wildman–Crippen MR) is 109 cm³/mol. The van der Waals surface area contributed by atoms with Crippen molar-refractivity contribution < 1.29 is 52.4 Å². The van der Waals surface area contributed by atoms with Gasteiger partial charge in [0, 0.05) is 0 Å². The summed E-state index contributed by atoms with van der Waals surface area (Å²) in [6, 6.07) is 10.9. The molecule has 0 unspecified atom stereocenters. The first-order chi connectivity index (χ1) is 13.4. The largest absolute Gasteiger partial charge is 1.00 e. The summed E-state index contributed by atoms with van der Waals surface area (Å²) < 4.78 is 38.9. The first kappa shape index (κ1) is 26.0. The average molecular weight is 429 g/mol. The summed E-state index contributed by atoms with van der Waals surface area (Å²) in [6.07, 6.45) is 9.37. The Labute approximate surface area is 196 Å². The fourth-order valence-electron chi connectivity index (χ4n) is 3.18. The van der Waals surface area contributed by atoms with E-state index in [0.29, 0.717) is 17.7 Å². The van der Waals surface area contributed by atoms with E-state index in [1.54, 1.807) is 24.3 Å². The van der Waals surface area contributed by atoms with Crippen LogP contribution in [0.15, 0.2) is 47.4 Å². The second kappa shape index (κ2) is 13.3. The molecule has 2 aromatic rings. The molecule has 0 fully saturated rings. The van der Waals surface area contributed by atoms with E-state index in [1.165, 1.54) is 38.2 Å². The zero-order chi connectivity index (χ0) is 20.4. The van der Waals surface area contributed by atoms with Crippen LogP contribution in [0.5, 0.6) is 17.2 Å². The van der Waals surface area contributed by atoms with Crippen molar-refractivity contribution in [2.45, 2.75) is 69.6 Å². The third-order valence-electron chi connectivity index (χ3n) is 4.70. The minimum atomic E-state index is -4.50. The summed E-state index contributed by atoms with van der Waals surface area (Å²) >= 11 is 0. The average Bonchev–Trinajstić information content (AvgIpc) is 2.65. The Kier molecular flexibility index (Phi) is 11.9. The molecule has 0 bridgehead atoms. The molecule has 2 rings (SSSR count). The van der Waals surface area contributed by atoms with Gasteiger partial charge >= 0.3 is 29.6 Å². The zero-order valence-corrected chi connectivity index (χ0v) is 20.2. The normalized spacial score (nSPS) is 11.1. The van der Waals surface area contributed by atoms with Crippen LogP contribution in [0.25, 0.3) is 0 Å². The molecule has 2 aromatic carbocycles. The van der Waals surface area contributed by atoms with Gasteiger partial charge in [-0.15, -0.1) is 5.75 Å². The summed E-state index contributed by atoms with van der Waals surface area (Å²) in [6.45, 7) is 2.19. The maximum Gasteiger partial charge on any atom is 1.00 e. The molecule has 0 aliphatic carbocycles. The van der Waals surface area contributed by atoms with Crippen molar-refractivity contribution in [2.24, 2.45) is 0 Å². The molecule has 7 heteroatoms. The molecule has 0 saturated carbocycles. The van der Waals surface area contributed by atoms with Gasteiger partial charge < -0.3 is 9.84 Å². The van der Waals surface area contributed by atoms with Crippen LogP contribution in [-0.2, 0) is 16.5 Å². The Hall–Kier alpha value is -1.05. The van der Waals surface area contributed by atoms with E-state index in [2.05, 4.69) is 6.92 Å². The van der Waals surface area contributed by atoms with Gasteiger partial charge in [0.15, 0.2) is 5.75 Å². The van der Waals surface area contributed by atoms with Crippen molar-refractivity contribution in [3.63, 3.8) is 0 Å². The van der Waals surface area contributed by atoms with Crippen LogP contribution in [0.4, 0.5) is 0 Å². The van der Waals surface area contributed by atoms with E-state index in [0.717, 1.165) is 25.3 Å². The molecule has 0 spiro atoms. The minimum absolute atomic E-state index is 0. The molecular weight excluding hydrogens is 399 g/mol. The van der Waals surface area contributed by atoms with Gasteiger partial charge in [0.2, 0.25) is 0 Å². The third-order valence-corrected chi connectivity index (χ3v) is 5.58. The fourth-order valence-corrected chi connectivity index (χ4v) is 3.82. The van der Waals surface area contributed by atoms with Gasteiger partial charge in [0.05, 0.1) is 0 Å². The molecule has 0 amide bonds. The van der Waals surface area contributed by atoms with Gasteiger partial charge in [-0.1, -0.05) is 76.1 Å². The molecule has 0 aromatic heterocycles. The second-order valence-electron chi connectivity index (χ2n) is 6.98. The van der Waals surface area contributed by atoms with E-state index >= 15 is 0 Å². The maximum absolute atomic E-state index is 12.4. The van der Waals surface area contributed by atoms with E-state index in [4.69, 9.17) is 4.74 Å². The molecule has 5 nitrogen and oxygen atoms in total. The van der Waals surface area contributed by atoms with Crippen LogP contribution in [-0.4, -0.2) is 13.0 Å². The standard InChI is InChI=1S/C22H30O5S.Na/c1-2-3-4-5-6-7-8-12-15-19-20(23)16-17-21(28(24,25)26)22(19)27-18-13-10-9-11-14-18;/h9-11,13-14,16-17,23H,2-8,12,15H2,1H3,(H,24,25,26);/q;+1/p-1. The SMILES string of the molecule is CCCCCCCCCCc1c([O-])ccc(S(=O)(=O)O)c1Oc1ccccc1.[Na+]. The fraction of sp³-hybridized carbons (Fsp3) is 0.455. The van der Waals surface area contributed by atoms with Crippen LogP contribution in [0.3, 0.4) is 0 Å². The van der Waals surface area contributed by atoms with Crippen LogP contribution in [0.1, 0.15) is 63.9 Å². The summed E-state index contributed by atoms with van der Waals surface area (Å²) in [5, 5.41) is 12.4. The van der Waals surface area contributed by atoms with Gasteiger partial charge in [-0.25, -0.2) is 0 Å². The molecule has 0 atom stereocenters. The molecule has 0 aliphatic heterocycles. The van der Waals surface area contributed by atoms with Gasteiger partial charge in [0.1, 0.15) is 10.6 Å². The third kappa shape index (κ3) is 8.69. The summed E-state index contributed by atoms with van der Waals surface area (Å²) in [7, 11) is -4.50. The molecule has 0 radical (unpaired) electrons. The second-order valence-corrected chi connectivity index (χ2v) is 8.37. The topological polar surface area (TPSA) is 86.7 Å². The Morgan fingerprint density at radius 1 is 0.897 bits per heavy atom. The Balaban J connectivity index is 0.00000420. The molecule has 0 heterocycles. The van der Waals surface area contributed by atoms with Gasteiger partial charge in [-0.05, 0) is 36.6 Å². The zero-order valence-electron chi connectivity index (χ0n) is 17.4. The van der Waals surface area contributed by atoms with Crippen LogP contribution >= 0.6 is 0 Å². The molecule has 154 valence electrons. The first-order valence-corrected chi connectivity index (χ1v) is 11.4. The van der Waals surface area contributed by atoms with E-state index in [9.17, 15) is 18.1 Å². The van der Waals surface area contributed by atoms with E-state index in [-0.39, 0.29) is 46.0 Å². The quantitative estimate of drug-likeness (QED) is 0.319. The Morgan fingerprint density at radius 3 is 2.07 bits per heavy atom. The monoisotopic (exact) mass is 428 g/mol. The van der Waals surface area contributed by atoms with Gasteiger partial charge in [0.25, 0.3) is 10.1 Å². The number of hydrogen-bond donors (Lipinski definition) is 1. The summed E-state index contributed by atoms with van der Waals surface area (Å²) in [4.78, 5) is -0.370. The molecule has 29 heavy (non-hydrogen) atoms. The molecule has 0 aliphatic rings. The van der Waals surface area contributed by atoms with Crippen molar-refractivity contribution in [1.29, 1.82) is 0 Å². The molecular formula is C22H29NaO5S. The Morgan fingerprint density at radius 2 is 1.48 bits per heavy atom. The van der Waals surface area contributed by atoms with Crippen molar-refractivity contribution >= 4 is 10.1 Å². The van der Waals surface area contributed by atoms with Crippen molar-refractivity contribution in [1.82, 2.24) is 0 Å². The van der Waals surface area contributed by atoms with Crippen LogP contribution < -0.4 is 39.4 Å². The van der Waals surface area contributed by atoms with Crippen molar-refractivity contribution in [3.8, 4) is 17.2 Å². The summed E-state index contributed by atoms with van der Waals surface area (Å²) in [5.41, 5.74) is 0.296. The number of ether oxygens (including phenoxy) is 1. The first-order valence-electron chi connectivity index (χ1n) is 9.96. The number of rotatable bonds is 12.